The van der Waals surface area contributed by atoms with E-state index in [0.29, 0.717) is 5.39 Å². The van der Waals surface area contributed by atoms with E-state index in [4.69, 9.17) is 4.74 Å². The highest BCUT2D eigenvalue weighted by Crippen LogP contribution is 2.44. The molecule has 0 aliphatic carbocycles. The predicted octanol–water partition coefficient (Wildman–Crippen LogP) is 6.93. The fourth-order valence-corrected chi connectivity index (χ4v) is 5.22. The first-order chi connectivity index (χ1) is 20.4. The maximum atomic E-state index is 15.5. The zero-order chi connectivity index (χ0) is 31.0. The largest absolute Gasteiger partial charge is 0.496 e. The number of imidazole rings is 1. The number of allylic oxidation sites excluding steroid dienone is 1. The van der Waals surface area contributed by atoms with Gasteiger partial charge in [0.2, 0.25) is 0 Å². The lowest BCUT2D eigenvalue weighted by atomic mass is 9.83. The minimum absolute atomic E-state index is 0.0361. The molecule has 1 atom stereocenters. The van der Waals surface area contributed by atoms with E-state index < -0.39 is 35.5 Å². The SMILES string of the molecule is C=CCC(F)(F)c1nc2ccc(C(O)(c3ccc(C(F)(F)F)nc3)c3cncn3C)cc2c(OC)c1Cc1ccccc1. The van der Waals surface area contributed by atoms with Gasteiger partial charge in [-0.05, 0) is 29.3 Å². The van der Waals surface area contributed by atoms with Gasteiger partial charge in [-0.25, -0.2) is 9.97 Å². The number of ether oxygens (including phenoxy) is 1. The number of alkyl halides is 5. The minimum Gasteiger partial charge on any atom is -0.496 e. The molecule has 0 aliphatic rings. The average Bonchev–Trinajstić information content (AvgIpc) is 3.42. The summed E-state index contributed by atoms with van der Waals surface area (Å²) in [5.74, 6) is -3.22. The molecule has 0 amide bonds. The molecule has 1 N–H and O–H groups in total. The Morgan fingerprint density at radius 3 is 2.28 bits per heavy atom. The second-order valence-electron chi connectivity index (χ2n) is 10.1. The lowest BCUT2D eigenvalue weighted by molar-refractivity contribution is -0.141. The van der Waals surface area contributed by atoms with Gasteiger partial charge in [0.1, 0.15) is 17.1 Å². The number of aliphatic hydroxyl groups is 1. The molecule has 0 bridgehead atoms. The number of aromatic nitrogens is 4. The second-order valence-corrected chi connectivity index (χ2v) is 10.1. The van der Waals surface area contributed by atoms with Crippen molar-refractivity contribution in [3.63, 3.8) is 0 Å². The molecule has 222 valence electrons. The smallest absolute Gasteiger partial charge is 0.433 e. The molecule has 1 unspecified atom stereocenters. The number of nitrogens with zero attached hydrogens (tertiary/aromatic N) is 4. The maximum Gasteiger partial charge on any atom is 0.433 e. The molecule has 0 aliphatic heterocycles. The highest BCUT2D eigenvalue weighted by Gasteiger charge is 2.40. The predicted molar refractivity (Wildman–Crippen MR) is 151 cm³/mol. The lowest BCUT2D eigenvalue weighted by Crippen LogP contribution is -2.31. The third-order valence-electron chi connectivity index (χ3n) is 7.29. The van der Waals surface area contributed by atoms with Crippen molar-refractivity contribution >= 4 is 10.9 Å². The fourth-order valence-electron chi connectivity index (χ4n) is 5.22. The number of aryl methyl sites for hydroxylation is 1. The molecule has 0 saturated carbocycles. The number of pyridine rings is 2. The minimum atomic E-state index is -4.67. The van der Waals surface area contributed by atoms with Crippen molar-refractivity contribution in [2.45, 2.75) is 30.5 Å². The number of halogens is 5. The summed E-state index contributed by atoms with van der Waals surface area (Å²) in [6.07, 6.45) is -0.339. The number of rotatable bonds is 9. The number of hydrogen-bond acceptors (Lipinski definition) is 5. The van der Waals surface area contributed by atoms with Crippen molar-refractivity contribution in [1.29, 1.82) is 0 Å². The number of hydrogen-bond donors (Lipinski definition) is 1. The van der Waals surface area contributed by atoms with Crippen molar-refractivity contribution in [2.24, 2.45) is 7.05 Å². The van der Waals surface area contributed by atoms with Crippen LogP contribution in [-0.4, -0.2) is 31.7 Å². The highest BCUT2D eigenvalue weighted by atomic mass is 19.4. The van der Waals surface area contributed by atoms with Crippen LogP contribution < -0.4 is 4.74 Å². The van der Waals surface area contributed by atoms with Gasteiger partial charge in [-0.15, -0.1) is 6.58 Å². The standard InChI is InChI=1S/C32H27F5N4O2/c1-4-14-30(33,34)29-24(15-20-8-6-5-7-9-20)28(43-3)23-16-21(10-12-25(23)40-29)31(42,27-18-38-19-41(27)2)22-11-13-26(39-17-22)32(35,36)37/h4-13,16-19,42H,1,14-15H2,2-3H3. The molecular weight excluding hydrogens is 567 g/mol. The molecule has 0 saturated heterocycles. The van der Waals surface area contributed by atoms with E-state index in [2.05, 4.69) is 21.5 Å². The molecule has 5 rings (SSSR count). The highest BCUT2D eigenvalue weighted by molar-refractivity contribution is 5.88. The summed E-state index contributed by atoms with van der Waals surface area (Å²) in [7, 11) is 2.98. The normalized spacial score (nSPS) is 13.6. The van der Waals surface area contributed by atoms with E-state index in [0.717, 1.165) is 30.0 Å². The molecule has 0 radical (unpaired) electrons. The molecule has 3 aromatic heterocycles. The quantitative estimate of drug-likeness (QED) is 0.148. The summed E-state index contributed by atoms with van der Waals surface area (Å²) in [5.41, 5.74) is -2.05. The van der Waals surface area contributed by atoms with Crippen LogP contribution in [0.3, 0.4) is 0 Å². The molecule has 0 spiro atoms. The van der Waals surface area contributed by atoms with Crippen LogP contribution in [0.15, 0.2) is 92.0 Å². The van der Waals surface area contributed by atoms with Crippen LogP contribution in [0.1, 0.15) is 45.8 Å². The van der Waals surface area contributed by atoms with Crippen LogP contribution >= 0.6 is 0 Å². The zero-order valence-electron chi connectivity index (χ0n) is 23.2. The number of fused-ring (bicyclic) bond motifs is 1. The van der Waals surface area contributed by atoms with Gasteiger partial charge in [0, 0.05) is 42.6 Å². The molecule has 11 heteroatoms. The summed E-state index contributed by atoms with van der Waals surface area (Å²) < 4.78 is 78.0. The maximum absolute atomic E-state index is 15.5. The first-order valence-electron chi connectivity index (χ1n) is 13.2. The lowest BCUT2D eigenvalue weighted by Gasteiger charge is -2.30. The molecule has 2 aromatic carbocycles. The van der Waals surface area contributed by atoms with Crippen LogP contribution in [0.4, 0.5) is 22.0 Å². The van der Waals surface area contributed by atoms with Crippen LogP contribution in [0.5, 0.6) is 5.75 Å². The van der Waals surface area contributed by atoms with E-state index in [9.17, 15) is 18.3 Å². The summed E-state index contributed by atoms with van der Waals surface area (Å²) in [6, 6.07) is 15.4. The average molecular weight is 595 g/mol. The van der Waals surface area contributed by atoms with Crippen LogP contribution in [0, 0.1) is 0 Å². The Balaban J connectivity index is 1.77. The van der Waals surface area contributed by atoms with E-state index in [1.54, 1.807) is 31.3 Å². The Hall–Kier alpha value is -4.64. The molecule has 6 nitrogen and oxygen atoms in total. The summed E-state index contributed by atoms with van der Waals surface area (Å²) >= 11 is 0. The first kappa shape index (κ1) is 29.8. The monoisotopic (exact) mass is 594 g/mol. The zero-order valence-corrected chi connectivity index (χ0v) is 23.2. The molecule has 43 heavy (non-hydrogen) atoms. The van der Waals surface area contributed by atoms with Gasteiger partial charge in [-0.2, -0.15) is 22.0 Å². The van der Waals surface area contributed by atoms with E-state index in [1.807, 2.05) is 6.07 Å². The van der Waals surface area contributed by atoms with Crippen LogP contribution in [0.25, 0.3) is 10.9 Å². The Morgan fingerprint density at radius 1 is 0.977 bits per heavy atom. The number of benzene rings is 2. The van der Waals surface area contributed by atoms with Crippen molar-refractivity contribution in [3.8, 4) is 5.75 Å². The Labute approximate surface area is 244 Å². The third-order valence-corrected chi connectivity index (χ3v) is 7.29. The van der Waals surface area contributed by atoms with Gasteiger partial charge >= 0.3 is 6.18 Å². The van der Waals surface area contributed by atoms with Crippen molar-refractivity contribution < 1.29 is 31.8 Å². The second kappa shape index (κ2) is 11.2. The topological polar surface area (TPSA) is 73.1 Å². The third kappa shape index (κ3) is 5.48. The van der Waals surface area contributed by atoms with Gasteiger partial charge in [0.05, 0.1) is 30.8 Å². The summed E-state index contributed by atoms with van der Waals surface area (Å²) in [5, 5.41) is 12.6. The Bertz CT molecular complexity index is 1770. The first-order valence-corrected chi connectivity index (χ1v) is 13.2. The summed E-state index contributed by atoms with van der Waals surface area (Å²) in [4.78, 5) is 12.0. The Morgan fingerprint density at radius 2 is 1.70 bits per heavy atom. The van der Waals surface area contributed by atoms with E-state index in [1.165, 1.54) is 42.4 Å². The fraction of sp³-hybridized carbons (Fsp3) is 0.219. The van der Waals surface area contributed by atoms with Crippen LogP contribution in [0.2, 0.25) is 0 Å². The molecule has 0 fully saturated rings. The molecule has 3 heterocycles. The number of methoxy groups -OCH3 is 1. The van der Waals surface area contributed by atoms with E-state index >= 15 is 8.78 Å². The Kier molecular flexibility index (Phi) is 7.78. The van der Waals surface area contributed by atoms with Crippen molar-refractivity contribution in [1.82, 2.24) is 19.5 Å². The van der Waals surface area contributed by atoms with Gasteiger partial charge in [-0.3, -0.25) is 4.98 Å². The van der Waals surface area contributed by atoms with Gasteiger partial charge in [-0.1, -0.05) is 48.5 Å². The van der Waals surface area contributed by atoms with Gasteiger partial charge in [0.25, 0.3) is 5.92 Å². The van der Waals surface area contributed by atoms with Gasteiger partial charge < -0.3 is 14.4 Å². The summed E-state index contributed by atoms with van der Waals surface area (Å²) in [6.45, 7) is 3.47. The van der Waals surface area contributed by atoms with Crippen LogP contribution in [-0.2, 0) is 31.2 Å². The van der Waals surface area contributed by atoms with Crippen molar-refractivity contribution in [2.75, 3.05) is 7.11 Å². The van der Waals surface area contributed by atoms with Gasteiger partial charge in [0.15, 0.2) is 5.60 Å². The molecule has 5 aromatic rings. The van der Waals surface area contributed by atoms with Crippen molar-refractivity contribution in [3.05, 3.63) is 131 Å². The van der Waals surface area contributed by atoms with E-state index in [-0.39, 0.29) is 40.1 Å². The molecular formula is C32H27F5N4O2.